The first kappa shape index (κ1) is 18.4. The van der Waals surface area contributed by atoms with Crippen molar-refractivity contribution in [2.45, 2.75) is 0 Å². The van der Waals surface area contributed by atoms with Gasteiger partial charge in [0.25, 0.3) is 0 Å². The number of fused-ring (bicyclic) bond motifs is 4. The van der Waals surface area contributed by atoms with E-state index in [1.54, 1.807) is 6.07 Å². The Bertz CT molecular complexity index is 1600. The predicted octanol–water partition coefficient (Wildman–Crippen LogP) is 8.31. The average Bonchev–Trinajstić information content (AvgIpc) is 3.13. The lowest BCUT2D eigenvalue weighted by Crippen LogP contribution is -1.92. The van der Waals surface area contributed by atoms with Gasteiger partial charge in [0.1, 0.15) is 5.15 Å². The highest BCUT2D eigenvalue weighted by Crippen LogP contribution is 2.36. The summed E-state index contributed by atoms with van der Waals surface area (Å²) in [6.45, 7) is 0. The molecule has 0 fully saturated rings. The Kier molecular flexibility index (Phi) is 4.24. The highest BCUT2D eigenvalue weighted by molar-refractivity contribution is 6.37. The third kappa shape index (κ3) is 2.99. The van der Waals surface area contributed by atoms with Gasteiger partial charge >= 0.3 is 0 Å². The molecule has 0 aliphatic heterocycles. The summed E-state index contributed by atoms with van der Waals surface area (Å²) in [6.07, 6.45) is 0. The van der Waals surface area contributed by atoms with Crippen LogP contribution in [0.3, 0.4) is 0 Å². The van der Waals surface area contributed by atoms with E-state index >= 15 is 0 Å². The summed E-state index contributed by atoms with van der Waals surface area (Å²) in [5.74, 6) is 0. The van der Waals surface area contributed by atoms with Crippen LogP contribution < -0.4 is 0 Å². The van der Waals surface area contributed by atoms with E-state index in [-0.39, 0.29) is 0 Å². The number of nitrogens with zero attached hydrogens (tertiary/aromatic N) is 2. The van der Waals surface area contributed by atoms with Crippen molar-refractivity contribution in [2.75, 3.05) is 0 Å². The highest BCUT2D eigenvalue weighted by Gasteiger charge is 2.13. The molecule has 0 atom stereocenters. The lowest BCUT2D eigenvalue weighted by molar-refractivity contribution is 1.18. The molecule has 0 spiro atoms. The number of para-hydroxylation sites is 2. The van der Waals surface area contributed by atoms with Gasteiger partial charge in [-0.15, -0.1) is 0 Å². The minimum atomic E-state index is 0.403. The van der Waals surface area contributed by atoms with E-state index in [0.717, 1.165) is 27.7 Å². The van der Waals surface area contributed by atoms with Gasteiger partial charge in [0.05, 0.1) is 21.6 Å². The second kappa shape index (κ2) is 7.12. The van der Waals surface area contributed by atoms with Crippen LogP contribution in [0.25, 0.3) is 49.5 Å². The molecule has 2 heterocycles. The third-order valence-corrected chi connectivity index (χ3v) is 6.25. The Hall–Kier alpha value is -3.33. The molecule has 0 aliphatic rings. The summed E-state index contributed by atoms with van der Waals surface area (Å²) in [6, 6.07) is 33.4. The maximum atomic E-state index is 6.44. The van der Waals surface area contributed by atoms with Crippen molar-refractivity contribution in [3.63, 3.8) is 0 Å². The largest absolute Gasteiger partial charge is 0.309 e. The van der Waals surface area contributed by atoms with Gasteiger partial charge in [-0.1, -0.05) is 71.7 Å². The maximum absolute atomic E-state index is 6.44. The third-order valence-electron chi connectivity index (χ3n) is 5.75. The Morgan fingerprint density at radius 2 is 1.26 bits per heavy atom. The lowest BCUT2D eigenvalue weighted by Gasteiger charge is -2.09. The van der Waals surface area contributed by atoms with E-state index in [1.807, 2.05) is 12.1 Å². The molecular formula is C27H16Cl2N2. The Morgan fingerprint density at radius 3 is 2.10 bits per heavy atom. The molecule has 0 radical (unpaired) electrons. The van der Waals surface area contributed by atoms with Crippen LogP contribution in [0.15, 0.2) is 97.1 Å². The van der Waals surface area contributed by atoms with E-state index in [4.69, 9.17) is 23.2 Å². The van der Waals surface area contributed by atoms with Crippen LogP contribution in [-0.2, 0) is 0 Å². The normalized spacial score (nSPS) is 11.5. The molecule has 0 bridgehead atoms. The number of hydrogen-bond donors (Lipinski definition) is 0. The summed E-state index contributed by atoms with van der Waals surface area (Å²) in [7, 11) is 0. The van der Waals surface area contributed by atoms with Crippen LogP contribution >= 0.6 is 23.2 Å². The van der Waals surface area contributed by atoms with Crippen LogP contribution in [0.5, 0.6) is 0 Å². The number of aromatic nitrogens is 2. The molecule has 6 rings (SSSR count). The van der Waals surface area contributed by atoms with Gasteiger partial charge < -0.3 is 4.57 Å². The number of hydrogen-bond acceptors (Lipinski definition) is 1. The monoisotopic (exact) mass is 438 g/mol. The molecule has 4 heteroatoms. The summed E-state index contributed by atoms with van der Waals surface area (Å²) >= 11 is 12.5. The maximum Gasteiger partial charge on any atom is 0.131 e. The Balaban J connectivity index is 1.61. The zero-order valence-electron chi connectivity index (χ0n) is 16.4. The fraction of sp³-hybridized carbons (Fsp3) is 0. The van der Waals surface area contributed by atoms with Crippen molar-refractivity contribution in [2.24, 2.45) is 0 Å². The molecule has 31 heavy (non-hydrogen) atoms. The van der Waals surface area contributed by atoms with Gasteiger partial charge in [-0.2, -0.15) is 0 Å². The van der Waals surface area contributed by atoms with E-state index < -0.39 is 0 Å². The van der Waals surface area contributed by atoms with Crippen LogP contribution in [0.1, 0.15) is 0 Å². The van der Waals surface area contributed by atoms with Crippen molar-refractivity contribution in [1.82, 2.24) is 9.55 Å². The first-order chi connectivity index (χ1) is 15.2. The molecule has 6 aromatic rings. The predicted molar refractivity (Wildman–Crippen MR) is 132 cm³/mol. The summed E-state index contributed by atoms with van der Waals surface area (Å²) in [4.78, 5) is 4.38. The number of pyridine rings is 1. The number of rotatable bonds is 2. The fourth-order valence-electron chi connectivity index (χ4n) is 4.34. The second-order valence-corrected chi connectivity index (χ2v) is 8.37. The molecule has 4 aromatic carbocycles. The van der Waals surface area contributed by atoms with Crippen molar-refractivity contribution in [3.05, 3.63) is 107 Å². The van der Waals surface area contributed by atoms with Gasteiger partial charge in [0.2, 0.25) is 0 Å². The molecule has 148 valence electrons. The first-order valence-electron chi connectivity index (χ1n) is 10.0. The molecular weight excluding hydrogens is 423 g/mol. The number of halogens is 2. The Labute approximate surface area is 189 Å². The summed E-state index contributed by atoms with van der Waals surface area (Å²) in [5, 5.41) is 4.36. The van der Waals surface area contributed by atoms with Crippen LogP contribution in [0.2, 0.25) is 10.2 Å². The molecule has 2 aromatic heterocycles. The topological polar surface area (TPSA) is 17.8 Å². The van der Waals surface area contributed by atoms with Gasteiger partial charge in [-0.25, -0.2) is 4.98 Å². The van der Waals surface area contributed by atoms with E-state index in [2.05, 4.69) is 88.4 Å². The van der Waals surface area contributed by atoms with E-state index in [1.165, 1.54) is 21.8 Å². The molecule has 0 saturated carbocycles. The van der Waals surface area contributed by atoms with Gasteiger partial charge in [0, 0.05) is 21.8 Å². The summed E-state index contributed by atoms with van der Waals surface area (Å²) < 4.78 is 2.32. The zero-order chi connectivity index (χ0) is 20.9. The smallest absolute Gasteiger partial charge is 0.131 e. The summed E-state index contributed by atoms with van der Waals surface area (Å²) in [5.41, 5.74) is 6.56. The van der Waals surface area contributed by atoms with Crippen molar-refractivity contribution in [1.29, 1.82) is 0 Å². The lowest BCUT2D eigenvalue weighted by atomic mass is 10.0. The molecule has 0 aliphatic carbocycles. The van der Waals surface area contributed by atoms with Crippen molar-refractivity contribution < 1.29 is 0 Å². The second-order valence-electron chi connectivity index (χ2n) is 7.58. The van der Waals surface area contributed by atoms with Crippen LogP contribution in [-0.4, -0.2) is 9.55 Å². The van der Waals surface area contributed by atoms with Gasteiger partial charge in [-0.05, 0) is 59.7 Å². The van der Waals surface area contributed by atoms with E-state index in [0.29, 0.717) is 10.2 Å². The molecule has 0 unspecified atom stereocenters. The van der Waals surface area contributed by atoms with Crippen LogP contribution in [0.4, 0.5) is 0 Å². The number of benzene rings is 4. The molecule has 0 saturated heterocycles. The van der Waals surface area contributed by atoms with E-state index in [9.17, 15) is 0 Å². The quantitative estimate of drug-likeness (QED) is 0.248. The minimum absolute atomic E-state index is 0.403. The Morgan fingerprint density at radius 1 is 0.581 bits per heavy atom. The molecule has 0 N–H and O–H groups in total. The zero-order valence-corrected chi connectivity index (χ0v) is 17.9. The minimum Gasteiger partial charge on any atom is -0.309 e. The average molecular weight is 439 g/mol. The van der Waals surface area contributed by atoms with Gasteiger partial charge in [0.15, 0.2) is 0 Å². The van der Waals surface area contributed by atoms with Gasteiger partial charge in [-0.3, -0.25) is 0 Å². The van der Waals surface area contributed by atoms with Crippen molar-refractivity contribution >= 4 is 55.9 Å². The van der Waals surface area contributed by atoms with Crippen LogP contribution in [0, 0.1) is 0 Å². The van der Waals surface area contributed by atoms with Crippen molar-refractivity contribution in [3.8, 4) is 16.8 Å². The highest BCUT2D eigenvalue weighted by atomic mass is 35.5. The fourth-order valence-corrected chi connectivity index (χ4v) is 4.85. The molecule has 0 amide bonds. The SMILES string of the molecule is Clc1cc(Cl)c2cc(-c3ccc4c(c3)c3ccccc3n4-c3ccccc3)ccc2n1. The molecule has 2 nitrogen and oxygen atoms in total. The standard InChI is InChI=1S/C27H16Cl2N2/c28-23-16-27(29)30-24-12-10-17(15-22(23)24)18-11-13-26-21(14-18)20-8-4-5-9-25(20)31(26)19-6-2-1-3-7-19/h1-16H. The first-order valence-corrected chi connectivity index (χ1v) is 10.8.